The van der Waals surface area contributed by atoms with E-state index in [0.29, 0.717) is 13.0 Å². The second-order valence-corrected chi connectivity index (χ2v) is 20.0. The first-order chi connectivity index (χ1) is 25.6. The van der Waals surface area contributed by atoms with Gasteiger partial charge in [0.2, 0.25) is 5.60 Å². The lowest BCUT2D eigenvalue weighted by atomic mass is 9.40. The molecule has 10 rings (SSSR count). The average Bonchev–Trinajstić information content (AvgIpc) is 4.00. The number of rotatable bonds is 2. The van der Waals surface area contributed by atoms with E-state index in [1.54, 1.807) is 13.8 Å². The maximum atomic E-state index is 14.2. The smallest absolute Gasteiger partial charge is 0.353 e. The predicted molar refractivity (Wildman–Crippen MR) is 183 cm³/mol. The summed E-state index contributed by atoms with van der Waals surface area (Å²) in [5.41, 5.74) is -6.13. The third-order valence-electron chi connectivity index (χ3n) is 17.2. The Morgan fingerprint density at radius 3 is 2.18 bits per heavy atom. The standard InChI is InChI=1S/C40H53NO14/c1-13-20-23-27(48-14(2)32(45)54-39(10)34(47)55-40(30(13)53-40)38(23,39)9)21-19-22(28(49-15(3)42)31(37(20,21)8)50-16(4)43)36(7)17(11-18-25(51-18)29(36)44)24-26(19)52-33(46)35(5,6)12-41-24/h13-14,17-31,41,44H,11-12H2,1-10H3/t13-,14?,17+,18-,19?,20-,21+,22?,23-,24-,25-,26+,27+,28-,29-,30+,31-,36-,37+,38-,39+,40-/m0/s1. The minimum atomic E-state index is -1.78. The van der Waals surface area contributed by atoms with Gasteiger partial charge in [0.15, 0.2) is 6.10 Å². The number of aliphatic hydroxyl groups is 1. The minimum Gasteiger partial charge on any atom is -0.460 e. The van der Waals surface area contributed by atoms with Gasteiger partial charge in [0.05, 0.1) is 29.1 Å². The van der Waals surface area contributed by atoms with Gasteiger partial charge in [-0.1, -0.05) is 20.8 Å². The number of epoxide rings is 2. The van der Waals surface area contributed by atoms with Crippen LogP contribution >= 0.6 is 0 Å². The third kappa shape index (κ3) is 3.98. The van der Waals surface area contributed by atoms with Crippen molar-refractivity contribution in [1.82, 2.24) is 5.32 Å². The van der Waals surface area contributed by atoms with Crippen LogP contribution in [0.1, 0.15) is 75.7 Å². The Balaban J connectivity index is 1.27. The highest BCUT2D eigenvalue weighted by molar-refractivity contribution is 5.89. The summed E-state index contributed by atoms with van der Waals surface area (Å²) in [5, 5.41) is 16.2. The minimum absolute atomic E-state index is 0.194. The Labute approximate surface area is 319 Å². The molecule has 1 spiro atoms. The second-order valence-electron chi connectivity index (χ2n) is 20.0. The number of carbonyl (C=O) groups is 5. The van der Waals surface area contributed by atoms with Gasteiger partial charge in [0, 0.05) is 60.9 Å². The summed E-state index contributed by atoms with van der Waals surface area (Å²) in [6.45, 7) is 17.7. The van der Waals surface area contributed by atoms with Crippen LogP contribution in [0.15, 0.2) is 0 Å². The SMILES string of the molecule is CC(=O)O[C@H]1C2C([C@H]3OC(=O)C(C)(C)CN[C@H]3[C@H]3C[C@@H]4O[C@@H]4[C@H](O)[C@]23C)[C@@H]2[C@H]3OC(C)C(=O)O[C@]4(C)C(=O)O[C@@]56O[C@@H]5[C@@H](C)[C@@H]([C@@H]3[C@]64C)[C@@]2(C)[C@H]1OC(C)=O. The fourth-order valence-corrected chi connectivity index (χ4v) is 14.8. The Hall–Kier alpha value is -2.85. The van der Waals surface area contributed by atoms with Crippen LogP contribution in [-0.4, -0.2) is 114 Å². The molecule has 15 nitrogen and oxygen atoms in total. The quantitative estimate of drug-likeness (QED) is 0.232. The van der Waals surface area contributed by atoms with E-state index in [2.05, 4.69) is 5.32 Å². The van der Waals surface area contributed by atoms with Crippen LogP contribution < -0.4 is 5.32 Å². The van der Waals surface area contributed by atoms with Gasteiger partial charge in [-0.3, -0.25) is 14.4 Å². The lowest BCUT2D eigenvalue weighted by Gasteiger charge is -2.67. The van der Waals surface area contributed by atoms with E-state index in [1.165, 1.54) is 13.8 Å². The number of esters is 5. The highest BCUT2D eigenvalue weighted by Gasteiger charge is 2.94. The van der Waals surface area contributed by atoms with Crippen molar-refractivity contribution < 1.29 is 67.0 Å². The first kappa shape index (κ1) is 36.5. The van der Waals surface area contributed by atoms with Gasteiger partial charge in [-0.15, -0.1) is 0 Å². The second kappa shape index (κ2) is 10.6. The first-order valence-electron chi connectivity index (χ1n) is 20.0. The monoisotopic (exact) mass is 771 g/mol. The Morgan fingerprint density at radius 2 is 1.51 bits per heavy atom. The van der Waals surface area contributed by atoms with Crippen LogP contribution in [0.4, 0.5) is 0 Å². The lowest BCUT2D eigenvalue weighted by Crippen LogP contribution is -2.76. The molecule has 0 aromatic heterocycles. The molecular formula is C40H53NO14. The van der Waals surface area contributed by atoms with Crippen LogP contribution in [0.2, 0.25) is 0 Å². The Morgan fingerprint density at radius 1 is 0.818 bits per heavy atom. The van der Waals surface area contributed by atoms with Gasteiger partial charge >= 0.3 is 29.8 Å². The maximum Gasteiger partial charge on any atom is 0.353 e. The fraction of sp³-hybridized carbons (Fsp3) is 0.875. The number of ether oxygens (including phenoxy) is 8. The van der Waals surface area contributed by atoms with Gasteiger partial charge in [-0.25, -0.2) is 9.59 Å². The normalized spacial score (nSPS) is 59.8. The molecular weight excluding hydrogens is 718 g/mol. The van der Waals surface area contributed by atoms with E-state index < -0.39 is 147 Å². The van der Waals surface area contributed by atoms with Crippen LogP contribution in [0, 0.1) is 63.1 Å². The van der Waals surface area contributed by atoms with Crippen LogP contribution in [-0.2, 0) is 61.9 Å². The first-order valence-corrected chi connectivity index (χ1v) is 20.0. The summed E-state index contributed by atoms with van der Waals surface area (Å²) >= 11 is 0. The predicted octanol–water partition coefficient (Wildman–Crippen LogP) is 1.44. The molecule has 3 unspecified atom stereocenters. The van der Waals surface area contributed by atoms with Crippen molar-refractivity contribution in [2.24, 2.45) is 63.1 Å². The van der Waals surface area contributed by atoms with Crippen molar-refractivity contribution in [1.29, 1.82) is 0 Å². The van der Waals surface area contributed by atoms with E-state index >= 15 is 0 Å². The van der Waals surface area contributed by atoms with Crippen molar-refractivity contribution in [2.75, 3.05) is 6.54 Å². The topological polar surface area (TPSA) is 198 Å². The number of fused-ring (bicyclic) bond motifs is 11. The molecule has 5 saturated carbocycles. The molecule has 0 radical (unpaired) electrons. The summed E-state index contributed by atoms with van der Waals surface area (Å²) in [6, 6.07) is -0.458. The number of hydrogen-bond acceptors (Lipinski definition) is 15. The van der Waals surface area contributed by atoms with E-state index in [-0.39, 0.29) is 17.9 Å². The fourth-order valence-electron chi connectivity index (χ4n) is 14.8. The van der Waals surface area contributed by atoms with Crippen molar-refractivity contribution in [3.8, 4) is 0 Å². The number of carbonyl (C=O) groups excluding carboxylic acids is 5. The van der Waals surface area contributed by atoms with E-state index in [9.17, 15) is 29.1 Å². The van der Waals surface area contributed by atoms with Crippen LogP contribution in [0.3, 0.4) is 0 Å². The third-order valence-corrected chi connectivity index (χ3v) is 17.2. The summed E-state index contributed by atoms with van der Waals surface area (Å²) in [5.74, 6) is -8.28. The Kier molecular flexibility index (Phi) is 7.03. The molecule has 5 aliphatic carbocycles. The Bertz CT molecular complexity index is 1820. The van der Waals surface area contributed by atoms with Crippen LogP contribution in [0.5, 0.6) is 0 Å². The number of nitrogens with one attached hydrogen (secondary N) is 1. The molecule has 10 fully saturated rings. The molecule has 0 aromatic rings. The lowest BCUT2D eigenvalue weighted by molar-refractivity contribution is -0.289. The van der Waals surface area contributed by atoms with Crippen LogP contribution in [0.25, 0.3) is 0 Å². The average molecular weight is 772 g/mol. The molecule has 10 aliphatic rings. The molecule has 5 heterocycles. The zero-order valence-electron chi connectivity index (χ0n) is 33.0. The highest BCUT2D eigenvalue weighted by atomic mass is 16.8. The largest absolute Gasteiger partial charge is 0.460 e. The van der Waals surface area contributed by atoms with Gasteiger partial charge in [-0.2, -0.15) is 0 Å². The van der Waals surface area contributed by atoms with Gasteiger partial charge in [0.1, 0.15) is 30.5 Å². The van der Waals surface area contributed by atoms with E-state index in [1.807, 2.05) is 41.5 Å². The molecule has 5 aliphatic heterocycles. The molecule has 15 heteroatoms. The zero-order valence-corrected chi connectivity index (χ0v) is 33.0. The molecule has 55 heavy (non-hydrogen) atoms. The van der Waals surface area contributed by atoms with Crippen molar-refractivity contribution in [2.45, 2.75) is 148 Å². The van der Waals surface area contributed by atoms with Gasteiger partial charge in [0.25, 0.3) is 5.79 Å². The summed E-state index contributed by atoms with van der Waals surface area (Å²) in [6.07, 6.45) is -6.71. The molecule has 0 bridgehead atoms. The summed E-state index contributed by atoms with van der Waals surface area (Å²) in [7, 11) is 0. The van der Waals surface area contributed by atoms with E-state index in [0.717, 1.165) is 0 Å². The zero-order chi connectivity index (χ0) is 39.5. The van der Waals surface area contributed by atoms with Gasteiger partial charge in [-0.05, 0) is 58.8 Å². The molecule has 2 N–H and O–H groups in total. The van der Waals surface area contributed by atoms with Crippen molar-refractivity contribution in [3.63, 3.8) is 0 Å². The molecule has 22 atom stereocenters. The molecule has 0 aromatic carbocycles. The maximum absolute atomic E-state index is 14.2. The molecule has 0 amide bonds. The summed E-state index contributed by atoms with van der Waals surface area (Å²) in [4.78, 5) is 69.1. The summed E-state index contributed by atoms with van der Waals surface area (Å²) < 4.78 is 51.6. The van der Waals surface area contributed by atoms with E-state index in [4.69, 9.17) is 37.9 Å². The molecule has 302 valence electrons. The van der Waals surface area contributed by atoms with Crippen molar-refractivity contribution >= 4 is 29.8 Å². The number of hydrogen-bond donors (Lipinski definition) is 2. The van der Waals surface area contributed by atoms with Crippen molar-refractivity contribution in [3.05, 3.63) is 0 Å². The highest BCUT2D eigenvalue weighted by Crippen LogP contribution is 2.82. The molecule has 5 saturated heterocycles. The number of aliphatic hydroxyl groups excluding tert-OH is 1. The van der Waals surface area contributed by atoms with Gasteiger partial charge < -0.3 is 48.3 Å².